The molecule has 0 aromatic rings. The van der Waals surface area contributed by atoms with Crippen LogP contribution in [-0.2, 0) is 4.79 Å². The number of nitrogens with two attached hydrogens (primary N) is 1. The van der Waals surface area contributed by atoms with E-state index in [0.717, 1.165) is 25.7 Å². The molecule has 1 aliphatic carbocycles. The summed E-state index contributed by atoms with van der Waals surface area (Å²) in [5.74, 6) is -0.0389. The van der Waals surface area contributed by atoms with Crippen molar-refractivity contribution in [3.05, 3.63) is 0 Å². The molecule has 1 saturated carbocycles. The molecule has 2 unspecified atom stereocenters. The number of carbonyl (C=O) groups is 2. The van der Waals surface area contributed by atoms with Gasteiger partial charge in [-0.05, 0) is 31.6 Å². The highest BCUT2D eigenvalue weighted by molar-refractivity contribution is 5.87. The maximum absolute atomic E-state index is 12.7. The number of primary amides is 1. The highest BCUT2D eigenvalue weighted by Crippen LogP contribution is 2.26. The molecule has 0 saturated heterocycles. The second kappa shape index (κ2) is 8.09. The van der Waals surface area contributed by atoms with Crippen molar-refractivity contribution in [2.75, 3.05) is 13.2 Å². The first-order chi connectivity index (χ1) is 9.51. The predicted octanol–water partition coefficient (Wildman–Crippen LogP) is 0.833. The number of carbonyl (C=O) groups excluding carboxylic acids is 2. The molecule has 0 aliphatic heterocycles. The first kappa shape index (κ1) is 16.8. The number of aliphatic hydroxyl groups excluding tert-OH is 1. The summed E-state index contributed by atoms with van der Waals surface area (Å²) < 4.78 is 0. The van der Waals surface area contributed by atoms with Crippen molar-refractivity contribution in [2.24, 2.45) is 11.7 Å². The lowest BCUT2D eigenvalue weighted by atomic mass is 9.89. The van der Waals surface area contributed by atoms with Crippen molar-refractivity contribution in [2.45, 2.75) is 58.0 Å². The highest BCUT2D eigenvalue weighted by atomic mass is 16.3. The Morgan fingerprint density at radius 1 is 1.45 bits per heavy atom. The third-order valence-corrected chi connectivity index (χ3v) is 4.13. The third-order valence-electron chi connectivity index (χ3n) is 4.13. The number of nitrogens with one attached hydrogen (secondary N) is 1. The lowest BCUT2D eigenvalue weighted by Gasteiger charge is -2.40. The van der Waals surface area contributed by atoms with Gasteiger partial charge in [-0.2, -0.15) is 0 Å². The van der Waals surface area contributed by atoms with E-state index < -0.39 is 12.1 Å². The van der Waals surface area contributed by atoms with E-state index in [-0.39, 0.29) is 24.5 Å². The summed E-state index contributed by atoms with van der Waals surface area (Å²) in [5.41, 5.74) is 5.19. The van der Waals surface area contributed by atoms with E-state index in [1.165, 1.54) is 0 Å². The number of hydrogen-bond acceptors (Lipinski definition) is 3. The first-order valence-corrected chi connectivity index (χ1v) is 7.48. The van der Waals surface area contributed by atoms with Gasteiger partial charge in [0.15, 0.2) is 0 Å². The first-order valence-electron chi connectivity index (χ1n) is 7.48. The molecule has 3 amide bonds. The minimum absolute atomic E-state index is 0.0340. The van der Waals surface area contributed by atoms with Crippen LogP contribution >= 0.6 is 0 Å². The zero-order valence-electron chi connectivity index (χ0n) is 12.5. The van der Waals surface area contributed by atoms with Crippen molar-refractivity contribution in [3.8, 4) is 0 Å². The van der Waals surface area contributed by atoms with Gasteiger partial charge in [-0.3, -0.25) is 4.79 Å². The Balaban J connectivity index is 2.78. The van der Waals surface area contributed by atoms with Gasteiger partial charge < -0.3 is 21.1 Å². The Bertz CT molecular complexity index is 332. The lowest BCUT2D eigenvalue weighted by molar-refractivity contribution is -0.138. The molecule has 1 fully saturated rings. The molecular formula is C14H27N3O3. The topological polar surface area (TPSA) is 95.7 Å². The average Bonchev–Trinajstić information content (AvgIpc) is 2.36. The zero-order chi connectivity index (χ0) is 15.1. The minimum atomic E-state index is -0.667. The molecule has 0 bridgehead atoms. The maximum atomic E-state index is 12.7. The summed E-state index contributed by atoms with van der Waals surface area (Å²) in [6.07, 6.45) is 4.48. The van der Waals surface area contributed by atoms with E-state index >= 15 is 0 Å². The van der Waals surface area contributed by atoms with E-state index in [9.17, 15) is 9.59 Å². The number of rotatable bonds is 8. The van der Waals surface area contributed by atoms with Gasteiger partial charge in [-0.1, -0.05) is 20.3 Å². The van der Waals surface area contributed by atoms with Gasteiger partial charge in [-0.15, -0.1) is 0 Å². The second-order valence-electron chi connectivity index (χ2n) is 5.57. The van der Waals surface area contributed by atoms with Gasteiger partial charge in [0.2, 0.25) is 5.91 Å². The molecule has 0 aromatic heterocycles. The summed E-state index contributed by atoms with van der Waals surface area (Å²) in [6, 6.07) is -0.994. The predicted molar refractivity (Wildman–Crippen MR) is 77.0 cm³/mol. The summed E-state index contributed by atoms with van der Waals surface area (Å²) in [6.45, 7) is 4.51. The quantitative estimate of drug-likeness (QED) is 0.616. The Morgan fingerprint density at radius 2 is 2.10 bits per heavy atom. The zero-order valence-corrected chi connectivity index (χ0v) is 12.5. The molecule has 6 nitrogen and oxygen atoms in total. The van der Waals surface area contributed by atoms with Crippen LogP contribution in [0.1, 0.15) is 46.0 Å². The lowest BCUT2D eigenvalue weighted by Crippen LogP contribution is -2.56. The summed E-state index contributed by atoms with van der Waals surface area (Å²) in [5, 5.41) is 11.6. The maximum Gasteiger partial charge on any atom is 0.312 e. The van der Waals surface area contributed by atoms with Crippen molar-refractivity contribution >= 4 is 11.9 Å². The van der Waals surface area contributed by atoms with Crippen LogP contribution in [0, 0.1) is 5.92 Å². The fraction of sp³-hybridized carbons (Fsp3) is 0.857. The van der Waals surface area contributed by atoms with Crippen molar-refractivity contribution in [1.82, 2.24) is 10.2 Å². The number of amides is 3. The minimum Gasteiger partial charge on any atom is -0.396 e. The molecule has 2 atom stereocenters. The summed E-state index contributed by atoms with van der Waals surface area (Å²) in [4.78, 5) is 25.6. The fourth-order valence-electron chi connectivity index (χ4n) is 2.43. The van der Waals surface area contributed by atoms with E-state index in [1.54, 1.807) is 0 Å². The molecule has 116 valence electrons. The Kier molecular flexibility index (Phi) is 6.78. The van der Waals surface area contributed by atoms with Crippen LogP contribution in [0.4, 0.5) is 4.79 Å². The normalized spacial score (nSPS) is 17.9. The molecule has 0 heterocycles. The van der Waals surface area contributed by atoms with Crippen LogP contribution in [0.3, 0.4) is 0 Å². The van der Waals surface area contributed by atoms with E-state index in [0.29, 0.717) is 13.0 Å². The molecule has 1 aliphatic rings. The SMILES string of the molecule is CCC(C)C(NC(N)=O)C(=O)N(CCCO)C1CCC1. The Hall–Kier alpha value is -1.30. The number of urea groups is 1. The van der Waals surface area contributed by atoms with Crippen molar-refractivity contribution in [3.63, 3.8) is 0 Å². The number of hydrogen-bond donors (Lipinski definition) is 3. The van der Waals surface area contributed by atoms with Crippen LogP contribution in [0.25, 0.3) is 0 Å². The molecule has 20 heavy (non-hydrogen) atoms. The molecule has 0 spiro atoms. The van der Waals surface area contributed by atoms with Gasteiger partial charge in [0.05, 0.1) is 0 Å². The van der Waals surface area contributed by atoms with Gasteiger partial charge in [0.25, 0.3) is 0 Å². The molecule has 0 radical (unpaired) electrons. The van der Waals surface area contributed by atoms with Crippen LogP contribution in [0.2, 0.25) is 0 Å². The summed E-state index contributed by atoms with van der Waals surface area (Å²) in [7, 11) is 0. The molecule has 6 heteroatoms. The molecule has 1 rings (SSSR count). The Labute approximate surface area is 120 Å². The number of aliphatic hydroxyl groups is 1. The van der Waals surface area contributed by atoms with Crippen LogP contribution < -0.4 is 11.1 Å². The van der Waals surface area contributed by atoms with Gasteiger partial charge in [0, 0.05) is 19.2 Å². The van der Waals surface area contributed by atoms with Gasteiger partial charge >= 0.3 is 6.03 Å². The average molecular weight is 285 g/mol. The van der Waals surface area contributed by atoms with Crippen LogP contribution in [-0.4, -0.2) is 47.2 Å². The largest absolute Gasteiger partial charge is 0.396 e. The standard InChI is InChI=1S/C14H27N3O3/c1-3-10(2)12(16-14(15)20)13(19)17(8-5-9-18)11-6-4-7-11/h10-12,18H,3-9H2,1-2H3,(H3,15,16,20). The highest BCUT2D eigenvalue weighted by Gasteiger charge is 2.35. The molecule has 4 N–H and O–H groups in total. The molecule has 0 aromatic carbocycles. The second-order valence-corrected chi connectivity index (χ2v) is 5.57. The van der Waals surface area contributed by atoms with E-state index in [1.807, 2.05) is 18.7 Å². The molecular weight excluding hydrogens is 258 g/mol. The van der Waals surface area contributed by atoms with Crippen LogP contribution in [0.15, 0.2) is 0 Å². The van der Waals surface area contributed by atoms with E-state index in [2.05, 4.69) is 5.32 Å². The van der Waals surface area contributed by atoms with Gasteiger partial charge in [-0.25, -0.2) is 4.79 Å². The van der Waals surface area contributed by atoms with Crippen molar-refractivity contribution < 1.29 is 14.7 Å². The Morgan fingerprint density at radius 3 is 2.50 bits per heavy atom. The van der Waals surface area contributed by atoms with Crippen LogP contribution in [0.5, 0.6) is 0 Å². The monoisotopic (exact) mass is 285 g/mol. The van der Waals surface area contributed by atoms with Gasteiger partial charge in [0.1, 0.15) is 6.04 Å². The summed E-state index contributed by atoms with van der Waals surface area (Å²) >= 11 is 0. The van der Waals surface area contributed by atoms with Crippen molar-refractivity contribution in [1.29, 1.82) is 0 Å². The van der Waals surface area contributed by atoms with E-state index in [4.69, 9.17) is 10.8 Å². The smallest absolute Gasteiger partial charge is 0.312 e. The fourth-order valence-corrected chi connectivity index (χ4v) is 2.43. The third kappa shape index (κ3) is 4.37. The number of nitrogens with zero attached hydrogens (tertiary/aromatic N) is 1.